The van der Waals surface area contributed by atoms with Gasteiger partial charge in [-0.2, -0.15) is 0 Å². The van der Waals surface area contributed by atoms with Crippen molar-refractivity contribution in [3.05, 3.63) is 0 Å². The van der Waals surface area contributed by atoms with Gasteiger partial charge >= 0.3 is 0 Å². The van der Waals surface area contributed by atoms with E-state index in [2.05, 4.69) is 33.0 Å². The fourth-order valence-electron chi connectivity index (χ4n) is 2.25. The van der Waals surface area contributed by atoms with Crippen LogP contribution in [0.2, 0.25) is 0 Å². The second kappa shape index (κ2) is 4.65. The molecule has 0 amide bonds. The Morgan fingerprint density at radius 1 is 1.07 bits per heavy atom. The van der Waals surface area contributed by atoms with Crippen molar-refractivity contribution >= 4 is 0 Å². The van der Waals surface area contributed by atoms with Crippen LogP contribution < -0.4 is 5.32 Å². The summed E-state index contributed by atoms with van der Waals surface area (Å²) in [6.45, 7) is 10.5. The Hall–Kier alpha value is -0.0400. The zero-order chi connectivity index (χ0) is 10.7. The van der Waals surface area contributed by atoms with Crippen LogP contribution >= 0.6 is 0 Å². The molecule has 1 fully saturated rings. The summed E-state index contributed by atoms with van der Waals surface area (Å²) in [6.07, 6.45) is 8.30. The lowest BCUT2D eigenvalue weighted by molar-refractivity contribution is 0.238. The molecule has 1 rings (SSSR count). The molecule has 1 aliphatic carbocycles. The maximum Gasteiger partial charge on any atom is 0.0153 e. The number of hydrogen-bond acceptors (Lipinski definition) is 1. The molecule has 0 aromatic rings. The minimum absolute atomic E-state index is 0.448. The van der Waals surface area contributed by atoms with Gasteiger partial charge in [-0.1, -0.05) is 40.0 Å². The van der Waals surface area contributed by atoms with E-state index in [-0.39, 0.29) is 0 Å². The fraction of sp³-hybridized carbons (Fsp3) is 1.00. The quantitative estimate of drug-likeness (QED) is 0.727. The van der Waals surface area contributed by atoms with E-state index in [9.17, 15) is 0 Å². The van der Waals surface area contributed by atoms with Crippen molar-refractivity contribution in [3.8, 4) is 0 Å². The Balaban J connectivity index is 2.22. The third-order valence-corrected chi connectivity index (χ3v) is 3.38. The molecule has 0 aliphatic heterocycles. The Kier molecular flexibility index (Phi) is 4.00. The van der Waals surface area contributed by atoms with Gasteiger partial charge in [-0.3, -0.25) is 0 Å². The van der Waals surface area contributed by atoms with Crippen LogP contribution in [0.4, 0.5) is 0 Å². The molecule has 0 aromatic heterocycles. The molecule has 0 atom stereocenters. The first-order valence-electron chi connectivity index (χ1n) is 6.16. The van der Waals surface area contributed by atoms with Gasteiger partial charge < -0.3 is 5.32 Å². The predicted molar refractivity (Wildman–Crippen MR) is 63.6 cm³/mol. The highest BCUT2D eigenvalue weighted by molar-refractivity contribution is 4.86. The molecule has 0 spiro atoms. The molecular weight excluding hydrogens is 170 g/mol. The smallest absolute Gasteiger partial charge is 0.0153 e. The van der Waals surface area contributed by atoms with Crippen LogP contribution in [0.25, 0.3) is 0 Å². The van der Waals surface area contributed by atoms with E-state index in [0.717, 1.165) is 0 Å². The highest BCUT2D eigenvalue weighted by atomic mass is 15.0. The van der Waals surface area contributed by atoms with Gasteiger partial charge in [-0.25, -0.2) is 0 Å². The normalized spacial score (nSPS) is 22.3. The van der Waals surface area contributed by atoms with Crippen molar-refractivity contribution in [2.75, 3.05) is 6.54 Å². The fourth-order valence-corrected chi connectivity index (χ4v) is 2.25. The monoisotopic (exact) mass is 197 g/mol. The zero-order valence-electron chi connectivity index (χ0n) is 10.4. The summed E-state index contributed by atoms with van der Waals surface area (Å²) in [5, 5.41) is 3.75. The van der Waals surface area contributed by atoms with E-state index in [4.69, 9.17) is 0 Å². The Labute approximate surface area is 89.7 Å². The summed E-state index contributed by atoms with van der Waals surface area (Å²) in [7, 11) is 0. The van der Waals surface area contributed by atoms with Gasteiger partial charge in [0, 0.05) is 5.54 Å². The maximum atomic E-state index is 3.75. The van der Waals surface area contributed by atoms with Crippen LogP contribution in [0.15, 0.2) is 0 Å². The lowest BCUT2D eigenvalue weighted by Gasteiger charge is -2.35. The molecule has 0 unspecified atom stereocenters. The van der Waals surface area contributed by atoms with Crippen molar-refractivity contribution in [2.45, 2.75) is 71.8 Å². The van der Waals surface area contributed by atoms with Crippen LogP contribution in [0.1, 0.15) is 66.2 Å². The molecule has 1 N–H and O–H groups in total. The first-order valence-corrected chi connectivity index (χ1v) is 6.16. The van der Waals surface area contributed by atoms with Gasteiger partial charge in [-0.05, 0) is 38.1 Å². The molecule has 0 aromatic carbocycles. The van der Waals surface area contributed by atoms with Crippen molar-refractivity contribution in [1.29, 1.82) is 0 Å². The first-order chi connectivity index (χ1) is 6.41. The van der Waals surface area contributed by atoms with E-state index < -0.39 is 0 Å². The SMILES string of the molecule is CC(C)(C)CCNC1(C)CCCCC1. The predicted octanol–water partition coefficient (Wildman–Crippen LogP) is 3.74. The number of nitrogens with one attached hydrogen (secondary N) is 1. The van der Waals surface area contributed by atoms with Crippen LogP contribution in [0.3, 0.4) is 0 Å². The zero-order valence-corrected chi connectivity index (χ0v) is 10.4. The molecule has 0 heterocycles. The molecule has 14 heavy (non-hydrogen) atoms. The van der Waals surface area contributed by atoms with Gasteiger partial charge in [0.1, 0.15) is 0 Å². The van der Waals surface area contributed by atoms with Crippen LogP contribution in [-0.4, -0.2) is 12.1 Å². The Morgan fingerprint density at radius 3 is 2.14 bits per heavy atom. The molecular formula is C13H27N. The molecule has 0 saturated heterocycles. The van der Waals surface area contributed by atoms with E-state index >= 15 is 0 Å². The minimum atomic E-state index is 0.448. The molecule has 0 radical (unpaired) electrons. The minimum Gasteiger partial charge on any atom is -0.311 e. The van der Waals surface area contributed by atoms with Gasteiger partial charge in [-0.15, -0.1) is 0 Å². The summed E-state index contributed by atoms with van der Waals surface area (Å²) in [5.74, 6) is 0. The lowest BCUT2D eigenvalue weighted by atomic mass is 9.83. The van der Waals surface area contributed by atoms with E-state index in [1.807, 2.05) is 0 Å². The topological polar surface area (TPSA) is 12.0 Å². The van der Waals surface area contributed by atoms with Gasteiger partial charge in [0.25, 0.3) is 0 Å². The lowest BCUT2D eigenvalue weighted by Crippen LogP contribution is -2.44. The van der Waals surface area contributed by atoms with E-state index in [0.29, 0.717) is 11.0 Å². The molecule has 84 valence electrons. The van der Waals surface area contributed by atoms with Gasteiger partial charge in [0.2, 0.25) is 0 Å². The first kappa shape index (κ1) is 12.0. The molecule has 1 saturated carbocycles. The third-order valence-electron chi connectivity index (χ3n) is 3.38. The second-order valence-electron chi connectivity index (χ2n) is 6.36. The summed E-state index contributed by atoms with van der Waals surface area (Å²) in [5.41, 5.74) is 0.918. The third kappa shape index (κ3) is 4.45. The molecule has 0 bridgehead atoms. The van der Waals surface area contributed by atoms with Gasteiger partial charge in [0.05, 0.1) is 0 Å². The van der Waals surface area contributed by atoms with E-state index in [1.165, 1.54) is 45.1 Å². The summed E-state index contributed by atoms with van der Waals surface area (Å²) >= 11 is 0. The maximum absolute atomic E-state index is 3.75. The summed E-state index contributed by atoms with van der Waals surface area (Å²) in [6, 6.07) is 0. The number of hydrogen-bond donors (Lipinski definition) is 1. The highest BCUT2D eigenvalue weighted by Crippen LogP contribution is 2.28. The standard InChI is InChI=1S/C13H27N/c1-12(2,3)10-11-14-13(4)8-6-5-7-9-13/h14H,5-11H2,1-4H3. The average Bonchev–Trinajstić information content (AvgIpc) is 2.02. The largest absolute Gasteiger partial charge is 0.311 e. The Bertz CT molecular complexity index is 161. The molecule has 1 heteroatoms. The highest BCUT2D eigenvalue weighted by Gasteiger charge is 2.26. The van der Waals surface area contributed by atoms with Crippen LogP contribution in [-0.2, 0) is 0 Å². The second-order valence-corrected chi connectivity index (χ2v) is 6.36. The van der Waals surface area contributed by atoms with E-state index in [1.54, 1.807) is 0 Å². The molecule has 1 nitrogen and oxygen atoms in total. The van der Waals surface area contributed by atoms with Gasteiger partial charge in [0.15, 0.2) is 0 Å². The Morgan fingerprint density at radius 2 is 1.64 bits per heavy atom. The number of rotatable bonds is 3. The summed E-state index contributed by atoms with van der Waals surface area (Å²) in [4.78, 5) is 0. The molecule has 1 aliphatic rings. The van der Waals surface area contributed by atoms with Crippen LogP contribution in [0.5, 0.6) is 0 Å². The average molecular weight is 197 g/mol. The van der Waals surface area contributed by atoms with Crippen molar-refractivity contribution in [2.24, 2.45) is 5.41 Å². The van der Waals surface area contributed by atoms with Crippen LogP contribution in [0, 0.1) is 5.41 Å². The van der Waals surface area contributed by atoms with Crippen molar-refractivity contribution in [1.82, 2.24) is 5.32 Å². The van der Waals surface area contributed by atoms with Crippen molar-refractivity contribution in [3.63, 3.8) is 0 Å². The summed E-state index contributed by atoms with van der Waals surface area (Å²) < 4.78 is 0. The van der Waals surface area contributed by atoms with Crippen molar-refractivity contribution < 1.29 is 0 Å².